The summed E-state index contributed by atoms with van der Waals surface area (Å²) in [6.45, 7) is 0.0143. The smallest absolute Gasteiger partial charge is 0.228 e. The number of benzene rings is 1. The first-order valence-corrected chi connectivity index (χ1v) is 7.71. The zero-order valence-electron chi connectivity index (χ0n) is 11.2. The molecule has 5 heteroatoms. The lowest BCUT2D eigenvalue weighted by atomic mass is 10.1. The number of aliphatic hydroxyl groups excluding tert-OH is 1. The fraction of sp³-hybridized carbons (Fsp3) is 0.188. The van der Waals surface area contributed by atoms with Crippen LogP contribution in [0, 0.1) is 11.8 Å². The Morgan fingerprint density at radius 2 is 2.24 bits per heavy atom. The van der Waals surface area contributed by atoms with Crippen molar-refractivity contribution in [2.24, 2.45) is 0 Å². The van der Waals surface area contributed by atoms with Gasteiger partial charge in [0.1, 0.15) is 0 Å². The van der Waals surface area contributed by atoms with Crippen LogP contribution in [0.3, 0.4) is 0 Å². The SMILES string of the molecule is O=C(Cc1ccsc1)Nc1cc(Cl)ccc1C#CCCO. The van der Waals surface area contributed by atoms with E-state index in [-0.39, 0.29) is 12.5 Å². The summed E-state index contributed by atoms with van der Waals surface area (Å²) in [5.41, 5.74) is 2.26. The Bertz CT molecular complexity index is 671. The molecule has 1 aromatic heterocycles. The molecule has 2 aromatic rings. The maximum absolute atomic E-state index is 12.0. The van der Waals surface area contributed by atoms with Crippen molar-refractivity contribution >= 4 is 34.5 Å². The van der Waals surface area contributed by atoms with Gasteiger partial charge < -0.3 is 10.4 Å². The predicted molar refractivity (Wildman–Crippen MR) is 86.7 cm³/mol. The second kappa shape index (κ2) is 7.84. The topological polar surface area (TPSA) is 49.3 Å². The van der Waals surface area contributed by atoms with E-state index in [2.05, 4.69) is 17.2 Å². The zero-order chi connectivity index (χ0) is 15.1. The highest BCUT2D eigenvalue weighted by Gasteiger charge is 2.08. The number of rotatable bonds is 4. The van der Waals surface area contributed by atoms with Gasteiger partial charge in [-0.3, -0.25) is 4.79 Å². The Morgan fingerprint density at radius 3 is 2.95 bits per heavy atom. The van der Waals surface area contributed by atoms with Gasteiger partial charge in [0.2, 0.25) is 5.91 Å². The van der Waals surface area contributed by atoms with E-state index < -0.39 is 0 Å². The van der Waals surface area contributed by atoms with Crippen molar-refractivity contribution in [1.82, 2.24) is 0 Å². The lowest BCUT2D eigenvalue weighted by Gasteiger charge is -2.07. The van der Waals surface area contributed by atoms with Gasteiger partial charge in [-0.2, -0.15) is 11.3 Å². The molecule has 1 aromatic carbocycles. The van der Waals surface area contributed by atoms with Crippen LogP contribution in [0.1, 0.15) is 17.5 Å². The third-order valence-corrected chi connectivity index (χ3v) is 3.63. The molecule has 0 aliphatic carbocycles. The number of hydrogen-bond donors (Lipinski definition) is 2. The van der Waals surface area contributed by atoms with Crippen LogP contribution in [0.5, 0.6) is 0 Å². The monoisotopic (exact) mass is 319 g/mol. The maximum atomic E-state index is 12.0. The van der Waals surface area contributed by atoms with Crippen LogP contribution in [0.15, 0.2) is 35.0 Å². The number of carbonyl (C=O) groups is 1. The zero-order valence-corrected chi connectivity index (χ0v) is 12.8. The Kier molecular flexibility index (Phi) is 5.82. The number of nitrogens with one attached hydrogen (secondary N) is 1. The van der Waals surface area contributed by atoms with Crippen LogP contribution in [-0.4, -0.2) is 17.6 Å². The summed E-state index contributed by atoms with van der Waals surface area (Å²) in [6.07, 6.45) is 0.713. The van der Waals surface area contributed by atoms with Gasteiger partial charge in [0.15, 0.2) is 0 Å². The second-order valence-corrected chi connectivity index (χ2v) is 5.54. The number of aliphatic hydroxyl groups is 1. The van der Waals surface area contributed by atoms with Gasteiger partial charge in [-0.15, -0.1) is 0 Å². The first kappa shape index (κ1) is 15.6. The van der Waals surface area contributed by atoms with Gasteiger partial charge in [0, 0.05) is 17.0 Å². The molecule has 1 amide bonds. The summed E-state index contributed by atoms with van der Waals surface area (Å²) in [7, 11) is 0. The third-order valence-electron chi connectivity index (χ3n) is 2.66. The molecule has 108 valence electrons. The highest BCUT2D eigenvalue weighted by molar-refractivity contribution is 7.08. The van der Waals surface area contributed by atoms with Crippen LogP contribution in [-0.2, 0) is 11.2 Å². The third kappa shape index (κ3) is 4.91. The Morgan fingerprint density at radius 1 is 1.38 bits per heavy atom. The average molecular weight is 320 g/mol. The Hall–Kier alpha value is -1.80. The second-order valence-electron chi connectivity index (χ2n) is 4.32. The van der Waals surface area contributed by atoms with E-state index in [9.17, 15) is 4.79 Å². The quantitative estimate of drug-likeness (QED) is 0.849. The van der Waals surface area contributed by atoms with Crippen molar-refractivity contribution < 1.29 is 9.90 Å². The normalized spacial score (nSPS) is 9.81. The lowest BCUT2D eigenvalue weighted by Crippen LogP contribution is -2.14. The lowest BCUT2D eigenvalue weighted by molar-refractivity contribution is -0.115. The molecule has 0 radical (unpaired) electrons. The molecule has 0 aliphatic heterocycles. The molecular weight excluding hydrogens is 306 g/mol. The molecule has 0 atom stereocenters. The largest absolute Gasteiger partial charge is 0.395 e. The molecule has 2 rings (SSSR count). The van der Waals surface area contributed by atoms with Crippen LogP contribution in [0.2, 0.25) is 5.02 Å². The van der Waals surface area contributed by atoms with Gasteiger partial charge in [-0.25, -0.2) is 0 Å². The summed E-state index contributed by atoms with van der Waals surface area (Å²) >= 11 is 7.53. The van der Waals surface area contributed by atoms with E-state index in [0.29, 0.717) is 29.1 Å². The van der Waals surface area contributed by atoms with E-state index in [0.717, 1.165) is 5.56 Å². The molecule has 1 heterocycles. The van der Waals surface area contributed by atoms with Gasteiger partial charge >= 0.3 is 0 Å². The van der Waals surface area contributed by atoms with Gasteiger partial charge in [-0.05, 0) is 40.6 Å². The average Bonchev–Trinajstić information content (AvgIpc) is 2.94. The van der Waals surface area contributed by atoms with E-state index >= 15 is 0 Å². The first-order chi connectivity index (χ1) is 10.2. The van der Waals surface area contributed by atoms with Crippen LogP contribution < -0.4 is 5.32 Å². The summed E-state index contributed by atoms with van der Waals surface area (Å²) in [6, 6.07) is 7.08. The number of carbonyl (C=O) groups excluding carboxylic acids is 1. The molecule has 0 saturated carbocycles. The highest BCUT2D eigenvalue weighted by Crippen LogP contribution is 2.21. The van der Waals surface area contributed by atoms with E-state index in [1.807, 2.05) is 16.8 Å². The maximum Gasteiger partial charge on any atom is 0.228 e. The van der Waals surface area contributed by atoms with E-state index in [1.165, 1.54) is 0 Å². The number of halogens is 1. The Balaban J connectivity index is 2.12. The Labute approximate surface area is 132 Å². The van der Waals surface area contributed by atoms with Crippen molar-refractivity contribution in [3.8, 4) is 11.8 Å². The van der Waals surface area contributed by atoms with Crippen LogP contribution in [0.25, 0.3) is 0 Å². The van der Waals surface area contributed by atoms with E-state index in [1.54, 1.807) is 29.5 Å². The summed E-state index contributed by atoms with van der Waals surface area (Å²) in [5.74, 6) is 5.65. The summed E-state index contributed by atoms with van der Waals surface area (Å²) in [4.78, 5) is 12.0. The number of amides is 1. The van der Waals surface area contributed by atoms with Crippen molar-refractivity contribution in [1.29, 1.82) is 0 Å². The molecule has 0 fully saturated rings. The van der Waals surface area contributed by atoms with Crippen molar-refractivity contribution in [2.75, 3.05) is 11.9 Å². The van der Waals surface area contributed by atoms with Crippen LogP contribution >= 0.6 is 22.9 Å². The van der Waals surface area contributed by atoms with Crippen LogP contribution in [0.4, 0.5) is 5.69 Å². The minimum Gasteiger partial charge on any atom is -0.395 e. The molecule has 3 nitrogen and oxygen atoms in total. The molecule has 0 saturated heterocycles. The van der Waals surface area contributed by atoms with Crippen molar-refractivity contribution in [2.45, 2.75) is 12.8 Å². The highest BCUT2D eigenvalue weighted by atomic mass is 35.5. The fourth-order valence-corrected chi connectivity index (χ4v) is 2.56. The fourth-order valence-electron chi connectivity index (χ4n) is 1.72. The molecule has 0 spiro atoms. The first-order valence-electron chi connectivity index (χ1n) is 6.39. The van der Waals surface area contributed by atoms with Gasteiger partial charge in [0.25, 0.3) is 0 Å². The van der Waals surface area contributed by atoms with Gasteiger partial charge in [0.05, 0.1) is 18.7 Å². The summed E-state index contributed by atoms with van der Waals surface area (Å²) < 4.78 is 0. The number of hydrogen-bond acceptors (Lipinski definition) is 3. The number of anilines is 1. The molecule has 0 bridgehead atoms. The molecule has 0 aliphatic rings. The molecule has 21 heavy (non-hydrogen) atoms. The number of thiophene rings is 1. The molecule has 2 N–H and O–H groups in total. The predicted octanol–water partition coefficient (Wildman–Crippen LogP) is 3.32. The molecule has 0 unspecified atom stereocenters. The minimum absolute atomic E-state index is 0.0143. The van der Waals surface area contributed by atoms with Crippen molar-refractivity contribution in [3.05, 3.63) is 51.2 Å². The van der Waals surface area contributed by atoms with Crippen molar-refractivity contribution in [3.63, 3.8) is 0 Å². The minimum atomic E-state index is -0.110. The summed E-state index contributed by atoms with van der Waals surface area (Å²) in [5, 5.41) is 16.0. The van der Waals surface area contributed by atoms with E-state index in [4.69, 9.17) is 16.7 Å². The standard InChI is InChI=1S/C16H14ClNO2S/c17-14-5-4-13(3-1-2-7-19)15(10-14)18-16(20)9-12-6-8-21-11-12/h4-6,8,10-11,19H,2,7,9H2,(H,18,20). The molecular formula is C16H14ClNO2S. The van der Waals surface area contributed by atoms with Gasteiger partial charge in [-0.1, -0.05) is 23.4 Å².